The minimum atomic E-state index is 0.310. The zero-order chi connectivity index (χ0) is 10.5. The molecule has 1 heterocycles. The summed E-state index contributed by atoms with van der Waals surface area (Å²) in [6, 6.07) is 0. The molecule has 2 unspecified atom stereocenters. The first-order valence-corrected chi connectivity index (χ1v) is 6.24. The van der Waals surface area contributed by atoms with Gasteiger partial charge >= 0.3 is 0 Å². The van der Waals surface area contributed by atoms with Crippen molar-refractivity contribution in [1.29, 1.82) is 0 Å². The lowest BCUT2D eigenvalue weighted by Gasteiger charge is -2.24. The Hall–Kier alpha value is -0.630. The molecule has 2 atom stereocenters. The summed E-state index contributed by atoms with van der Waals surface area (Å²) in [5, 5.41) is 3.32. The number of allylic oxidation sites excluding steroid dienone is 2. The Kier molecular flexibility index (Phi) is 3.95. The van der Waals surface area contributed by atoms with E-state index in [1.54, 1.807) is 0 Å². The fourth-order valence-corrected chi connectivity index (χ4v) is 2.62. The van der Waals surface area contributed by atoms with Crippen molar-refractivity contribution in [2.24, 2.45) is 11.8 Å². The van der Waals surface area contributed by atoms with Gasteiger partial charge in [0.15, 0.2) is 0 Å². The molecule has 1 fully saturated rings. The molecular weight excluding hydrogens is 186 g/mol. The first-order valence-electron chi connectivity index (χ1n) is 6.24. The van der Waals surface area contributed by atoms with Crippen molar-refractivity contribution in [1.82, 2.24) is 5.32 Å². The number of carbonyl (C=O) groups is 1. The monoisotopic (exact) mass is 207 g/mol. The van der Waals surface area contributed by atoms with Gasteiger partial charge in [0.1, 0.15) is 5.78 Å². The third kappa shape index (κ3) is 3.16. The van der Waals surface area contributed by atoms with E-state index < -0.39 is 0 Å². The number of carbonyl (C=O) groups excluding carboxylic acids is 1. The van der Waals surface area contributed by atoms with Crippen LogP contribution in [-0.4, -0.2) is 18.9 Å². The van der Waals surface area contributed by atoms with Gasteiger partial charge in [0.05, 0.1) is 0 Å². The highest BCUT2D eigenvalue weighted by Crippen LogP contribution is 2.24. The van der Waals surface area contributed by atoms with Crippen LogP contribution in [0.2, 0.25) is 0 Å². The molecule has 2 heteroatoms. The van der Waals surface area contributed by atoms with Gasteiger partial charge in [-0.15, -0.1) is 0 Å². The average Bonchev–Trinajstić information content (AvgIpc) is 2.31. The largest absolute Gasteiger partial charge is 0.316 e. The summed E-state index contributed by atoms with van der Waals surface area (Å²) in [5.74, 6) is 1.44. The summed E-state index contributed by atoms with van der Waals surface area (Å²) in [4.78, 5) is 12.0. The molecule has 1 N–H and O–H groups in total. The Bertz CT molecular complexity index is 241. The Morgan fingerprint density at radius 2 is 2.27 bits per heavy atom. The molecule has 1 aliphatic heterocycles. The van der Waals surface area contributed by atoms with Gasteiger partial charge < -0.3 is 5.32 Å². The number of piperidine rings is 1. The maximum atomic E-state index is 12.0. The zero-order valence-electron chi connectivity index (χ0n) is 9.37. The van der Waals surface area contributed by atoms with Crippen molar-refractivity contribution in [3.8, 4) is 0 Å². The molecule has 0 bridgehead atoms. The van der Waals surface area contributed by atoms with Crippen molar-refractivity contribution in [2.75, 3.05) is 13.1 Å². The molecule has 0 aromatic carbocycles. The third-order valence-electron chi connectivity index (χ3n) is 3.62. The summed E-state index contributed by atoms with van der Waals surface area (Å²) in [6.45, 7) is 2.01. The fourth-order valence-electron chi connectivity index (χ4n) is 2.62. The quantitative estimate of drug-likeness (QED) is 0.719. The predicted molar refractivity (Wildman–Crippen MR) is 61.7 cm³/mol. The standard InChI is InChI=1S/C13H21NO/c15-13(12-7-4-8-14-10-12)9-11-5-2-1-3-6-11/h1-2,11-12,14H,3-10H2. The Labute approximate surface area is 92.1 Å². The lowest BCUT2D eigenvalue weighted by atomic mass is 9.84. The molecule has 0 aromatic rings. The van der Waals surface area contributed by atoms with Crippen molar-refractivity contribution in [3.05, 3.63) is 12.2 Å². The van der Waals surface area contributed by atoms with Crippen LogP contribution in [0.1, 0.15) is 38.5 Å². The van der Waals surface area contributed by atoms with Crippen LogP contribution < -0.4 is 5.32 Å². The number of hydrogen-bond acceptors (Lipinski definition) is 2. The molecule has 0 radical (unpaired) electrons. The van der Waals surface area contributed by atoms with Gasteiger partial charge in [-0.3, -0.25) is 4.79 Å². The van der Waals surface area contributed by atoms with Gasteiger partial charge in [-0.2, -0.15) is 0 Å². The first-order chi connectivity index (χ1) is 7.36. The molecule has 15 heavy (non-hydrogen) atoms. The van der Waals surface area contributed by atoms with Crippen LogP contribution in [0.3, 0.4) is 0 Å². The molecule has 0 aromatic heterocycles. The van der Waals surface area contributed by atoms with E-state index in [0.717, 1.165) is 32.4 Å². The summed E-state index contributed by atoms with van der Waals surface area (Å²) >= 11 is 0. The van der Waals surface area contributed by atoms with Crippen LogP contribution >= 0.6 is 0 Å². The maximum Gasteiger partial charge on any atom is 0.137 e. The number of ketones is 1. The highest BCUT2D eigenvalue weighted by atomic mass is 16.1. The molecule has 2 aliphatic rings. The van der Waals surface area contributed by atoms with E-state index in [2.05, 4.69) is 17.5 Å². The molecular formula is C13H21NO. The minimum Gasteiger partial charge on any atom is -0.316 e. The van der Waals surface area contributed by atoms with Crippen molar-refractivity contribution in [2.45, 2.75) is 38.5 Å². The number of nitrogens with one attached hydrogen (secondary N) is 1. The molecule has 1 saturated heterocycles. The van der Waals surface area contributed by atoms with Crippen molar-refractivity contribution < 1.29 is 4.79 Å². The van der Waals surface area contributed by atoms with Gasteiger partial charge in [0, 0.05) is 18.9 Å². The van der Waals surface area contributed by atoms with E-state index in [0.29, 0.717) is 17.6 Å². The summed E-state index contributed by atoms with van der Waals surface area (Å²) in [6.07, 6.45) is 11.1. The van der Waals surface area contributed by atoms with Crippen LogP contribution in [0.25, 0.3) is 0 Å². The fraction of sp³-hybridized carbons (Fsp3) is 0.769. The van der Waals surface area contributed by atoms with Gasteiger partial charge in [0.25, 0.3) is 0 Å². The predicted octanol–water partition coefficient (Wildman–Crippen LogP) is 2.30. The highest BCUT2D eigenvalue weighted by molar-refractivity contribution is 5.81. The molecule has 84 valence electrons. The maximum absolute atomic E-state index is 12.0. The van der Waals surface area contributed by atoms with Gasteiger partial charge in [-0.1, -0.05) is 12.2 Å². The number of Topliss-reactive ketones (excluding diaryl/α,β-unsaturated/α-hetero) is 1. The van der Waals surface area contributed by atoms with Crippen LogP contribution in [0.4, 0.5) is 0 Å². The summed E-state index contributed by atoms with van der Waals surface area (Å²) < 4.78 is 0. The van der Waals surface area contributed by atoms with Crippen LogP contribution in [-0.2, 0) is 4.79 Å². The lowest BCUT2D eigenvalue weighted by molar-refractivity contribution is -0.124. The summed E-state index contributed by atoms with van der Waals surface area (Å²) in [7, 11) is 0. The van der Waals surface area contributed by atoms with Crippen LogP contribution in [0, 0.1) is 11.8 Å². The van der Waals surface area contributed by atoms with Gasteiger partial charge in [-0.25, -0.2) is 0 Å². The lowest BCUT2D eigenvalue weighted by Crippen LogP contribution is -2.35. The van der Waals surface area contributed by atoms with Crippen LogP contribution in [0.5, 0.6) is 0 Å². The smallest absolute Gasteiger partial charge is 0.137 e. The Morgan fingerprint density at radius 1 is 1.33 bits per heavy atom. The normalized spacial score (nSPS) is 31.5. The molecule has 2 nitrogen and oxygen atoms in total. The topological polar surface area (TPSA) is 29.1 Å². The number of hydrogen-bond donors (Lipinski definition) is 1. The molecule has 0 spiro atoms. The van der Waals surface area contributed by atoms with E-state index in [4.69, 9.17) is 0 Å². The van der Waals surface area contributed by atoms with Crippen LogP contribution in [0.15, 0.2) is 12.2 Å². The molecule has 0 amide bonds. The van der Waals surface area contributed by atoms with E-state index in [1.165, 1.54) is 19.3 Å². The number of rotatable bonds is 3. The van der Waals surface area contributed by atoms with E-state index >= 15 is 0 Å². The zero-order valence-corrected chi connectivity index (χ0v) is 9.37. The van der Waals surface area contributed by atoms with E-state index in [9.17, 15) is 4.79 Å². The molecule has 2 rings (SSSR count). The molecule has 1 aliphatic carbocycles. The second-order valence-electron chi connectivity index (χ2n) is 4.86. The second-order valence-corrected chi connectivity index (χ2v) is 4.86. The SMILES string of the molecule is O=C(CC1CC=CCC1)C1CCCNC1. The second kappa shape index (κ2) is 5.45. The average molecular weight is 207 g/mol. The highest BCUT2D eigenvalue weighted by Gasteiger charge is 2.23. The summed E-state index contributed by atoms with van der Waals surface area (Å²) in [5.41, 5.74) is 0. The third-order valence-corrected chi connectivity index (χ3v) is 3.62. The van der Waals surface area contributed by atoms with Crippen molar-refractivity contribution in [3.63, 3.8) is 0 Å². The van der Waals surface area contributed by atoms with E-state index in [-0.39, 0.29) is 0 Å². The minimum absolute atomic E-state index is 0.310. The van der Waals surface area contributed by atoms with E-state index in [1.807, 2.05) is 0 Å². The first kappa shape index (κ1) is 10.9. The van der Waals surface area contributed by atoms with Gasteiger partial charge in [0.2, 0.25) is 0 Å². The molecule has 0 saturated carbocycles. The Balaban J connectivity index is 1.77. The van der Waals surface area contributed by atoms with Crippen molar-refractivity contribution >= 4 is 5.78 Å². The Morgan fingerprint density at radius 3 is 2.93 bits per heavy atom. The van der Waals surface area contributed by atoms with Gasteiger partial charge in [-0.05, 0) is 44.6 Å².